The van der Waals surface area contributed by atoms with Gasteiger partial charge in [-0.3, -0.25) is 0 Å². The topological polar surface area (TPSA) is 9.23 Å². The minimum Gasteiger partial charge on any atom is -0.316 e. The van der Waals surface area contributed by atoms with Gasteiger partial charge in [-0.15, -0.1) is 6.58 Å². The summed E-state index contributed by atoms with van der Waals surface area (Å²) in [5, 5.41) is 0. The molecular formula is C35H48F2O. The van der Waals surface area contributed by atoms with Crippen molar-refractivity contribution in [2.45, 2.75) is 115 Å². The van der Waals surface area contributed by atoms with Crippen LogP contribution in [0.5, 0.6) is 0 Å². The molecule has 0 aliphatic heterocycles. The average molecular weight is 523 g/mol. The predicted molar refractivity (Wildman–Crippen MR) is 155 cm³/mol. The molecule has 0 N–H and O–H groups in total. The Morgan fingerprint density at radius 3 is 1.95 bits per heavy atom. The molecule has 0 saturated heterocycles. The highest BCUT2D eigenvalue weighted by molar-refractivity contribution is 5.28. The lowest BCUT2D eigenvalue weighted by Gasteiger charge is -2.29. The third-order valence-corrected chi connectivity index (χ3v) is 9.26. The molecule has 0 atom stereocenters. The van der Waals surface area contributed by atoms with Gasteiger partial charge in [0.25, 0.3) is 0 Å². The number of ether oxygens (including phenoxy) is 1. The van der Waals surface area contributed by atoms with Crippen molar-refractivity contribution in [2.24, 2.45) is 11.8 Å². The number of halogens is 2. The molecule has 38 heavy (non-hydrogen) atoms. The fourth-order valence-corrected chi connectivity index (χ4v) is 6.62. The number of hydrogen-bond donors (Lipinski definition) is 0. The summed E-state index contributed by atoms with van der Waals surface area (Å²) < 4.78 is 34.6. The van der Waals surface area contributed by atoms with Crippen molar-refractivity contribution in [1.82, 2.24) is 0 Å². The van der Waals surface area contributed by atoms with E-state index in [1.54, 1.807) is 12.1 Å². The molecule has 0 radical (unpaired) electrons. The maximum atomic E-state index is 14.8. The third kappa shape index (κ3) is 8.25. The highest BCUT2D eigenvalue weighted by Gasteiger charge is 2.33. The minimum absolute atomic E-state index is 0.00278. The van der Waals surface area contributed by atoms with E-state index in [1.807, 2.05) is 18.2 Å². The quantitative estimate of drug-likeness (QED) is 0.188. The van der Waals surface area contributed by atoms with Crippen LogP contribution < -0.4 is 0 Å². The van der Waals surface area contributed by atoms with Gasteiger partial charge in [0.2, 0.25) is 0 Å². The second-order valence-electron chi connectivity index (χ2n) is 11.9. The van der Waals surface area contributed by atoms with Crippen LogP contribution in [0.1, 0.15) is 124 Å². The number of rotatable bonds is 13. The summed E-state index contributed by atoms with van der Waals surface area (Å²) in [6.45, 7) is 6.18. The number of unbranched alkanes of at least 4 members (excludes halogenated alkanes) is 3. The second-order valence-corrected chi connectivity index (χ2v) is 11.9. The first-order chi connectivity index (χ1) is 18.5. The molecule has 1 nitrogen and oxygen atoms in total. The summed E-state index contributed by atoms with van der Waals surface area (Å²) in [7, 11) is 0. The van der Waals surface area contributed by atoms with Gasteiger partial charge in [0.15, 0.2) is 0 Å². The maximum absolute atomic E-state index is 14.8. The average Bonchev–Trinajstić information content (AvgIpc) is 2.96. The Morgan fingerprint density at radius 2 is 1.37 bits per heavy atom. The fourth-order valence-electron chi connectivity index (χ4n) is 6.62. The summed E-state index contributed by atoms with van der Waals surface area (Å²) in [5.41, 5.74) is 3.56. The molecule has 2 saturated carbocycles. The standard InChI is InChI=1S/C35H48F2O/c1-3-5-6-7-8-28-11-17-31(18-12-28)32-19-13-29(14-20-32)25-26-38-35(36,37)34-23-21-33(22-24-34)30-15-9-27(4-2)10-16-30/h4,13-14,19-24,27-28,30-31H,2-3,5-12,15-18,25-26H2,1H3/t27-,28-,30-,31-. The van der Waals surface area contributed by atoms with Gasteiger partial charge < -0.3 is 4.74 Å². The Hall–Kier alpha value is -2.00. The Labute approximate surface area is 230 Å². The molecule has 0 spiro atoms. The SMILES string of the molecule is C=C[C@H]1CC[C@H](c2ccc(C(F)(F)OCCc3ccc([C@H]4CC[C@H](CCCCCC)CC4)cc3)cc2)CC1. The van der Waals surface area contributed by atoms with Crippen LogP contribution in [0.15, 0.2) is 61.2 Å². The van der Waals surface area contributed by atoms with Crippen molar-refractivity contribution in [3.63, 3.8) is 0 Å². The summed E-state index contributed by atoms with van der Waals surface area (Å²) in [6.07, 6.45) is 15.8. The minimum atomic E-state index is -3.27. The van der Waals surface area contributed by atoms with E-state index in [9.17, 15) is 8.78 Å². The van der Waals surface area contributed by atoms with Crippen molar-refractivity contribution in [3.05, 3.63) is 83.4 Å². The lowest BCUT2D eigenvalue weighted by molar-refractivity contribution is -0.248. The lowest BCUT2D eigenvalue weighted by atomic mass is 9.77. The van der Waals surface area contributed by atoms with E-state index in [2.05, 4.69) is 37.8 Å². The van der Waals surface area contributed by atoms with E-state index in [0.29, 0.717) is 24.2 Å². The highest BCUT2D eigenvalue weighted by Crippen LogP contribution is 2.39. The zero-order chi connectivity index (χ0) is 26.8. The molecule has 0 unspecified atom stereocenters. The van der Waals surface area contributed by atoms with Crippen LogP contribution in [0.2, 0.25) is 0 Å². The van der Waals surface area contributed by atoms with Crippen LogP contribution in [0, 0.1) is 11.8 Å². The molecule has 0 amide bonds. The van der Waals surface area contributed by atoms with Gasteiger partial charge in [0.1, 0.15) is 0 Å². The smallest absolute Gasteiger partial charge is 0.316 e. The van der Waals surface area contributed by atoms with Gasteiger partial charge in [-0.2, -0.15) is 8.78 Å². The zero-order valence-electron chi connectivity index (χ0n) is 23.5. The van der Waals surface area contributed by atoms with Crippen molar-refractivity contribution >= 4 is 0 Å². The fraction of sp³-hybridized carbons (Fsp3) is 0.600. The van der Waals surface area contributed by atoms with E-state index >= 15 is 0 Å². The molecule has 0 aromatic heterocycles. The lowest BCUT2D eigenvalue weighted by Crippen LogP contribution is -2.20. The van der Waals surface area contributed by atoms with Crippen LogP contribution in [-0.4, -0.2) is 6.61 Å². The first-order valence-corrected chi connectivity index (χ1v) is 15.3. The molecule has 2 aromatic rings. The van der Waals surface area contributed by atoms with Gasteiger partial charge in [-0.25, -0.2) is 0 Å². The van der Waals surface area contributed by atoms with E-state index in [-0.39, 0.29) is 12.2 Å². The van der Waals surface area contributed by atoms with E-state index in [1.165, 1.54) is 63.4 Å². The molecule has 2 fully saturated rings. The number of allylic oxidation sites excluding steroid dienone is 1. The summed E-state index contributed by atoms with van der Waals surface area (Å²) in [4.78, 5) is 0. The van der Waals surface area contributed by atoms with Crippen LogP contribution in [0.4, 0.5) is 8.78 Å². The predicted octanol–water partition coefficient (Wildman–Crippen LogP) is 10.7. The Morgan fingerprint density at radius 1 is 0.789 bits per heavy atom. The van der Waals surface area contributed by atoms with Crippen molar-refractivity contribution in [1.29, 1.82) is 0 Å². The van der Waals surface area contributed by atoms with E-state index < -0.39 is 6.11 Å². The number of alkyl halides is 2. The van der Waals surface area contributed by atoms with Crippen LogP contribution in [-0.2, 0) is 17.3 Å². The molecule has 0 bridgehead atoms. The van der Waals surface area contributed by atoms with Gasteiger partial charge in [0.05, 0.1) is 12.2 Å². The van der Waals surface area contributed by atoms with Crippen molar-refractivity contribution in [3.8, 4) is 0 Å². The van der Waals surface area contributed by atoms with Gasteiger partial charge in [-0.05, 0) is 98.1 Å². The second kappa shape index (κ2) is 14.4. The highest BCUT2D eigenvalue weighted by atomic mass is 19.3. The first-order valence-electron chi connectivity index (χ1n) is 15.3. The van der Waals surface area contributed by atoms with Crippen molar-refractivity contribution in [2.75, 3.05) is 6.61 Å². The zero-order valence-corrected chi connectivity index (χ0v) is 23.5. The van der Waals surface area contributed by atoms with Crippen LogP contribution in [0.3, 0.4) is 0 Å². The number of benzene rings is 2. The monoisotopic (exact) mass is 522 g/mol. The maximum Gasteiger partial charge on any atom is 0.383 e. The molecule has 4 rings (SSSR count). The molecule has 208 valence electrons. The molecule has 2 aliphatic carbocycles. The summed E-state index contributed by atoms with van der Waals surface area (Å²) in [6, 6.07) is 15.4. The van der Waals surface area contributed by atoms with Crippen LogP contribution in [0.25, 0.3) is 0 Å². The Kier molecular flexibility index (Phi) is 11.0. The van der Waals surface area contributed by atoms with Crippen LogP contribution >= 0.6 is 0 Å². The van der Waals surface area contributed by atoms with E-state index in [4.69, 9.17) is 4.74 Å². The van der Waals surface area contributed by atoms with Gasteiger partial charge >= 0.3 is 6.11 Å². The summed E-state index contributed by atoms with van der Waals surface area (Å²) in [5.74, 6) is 2.62. The molecular weight excluding hydrogens is 474 g/mol. The van der Waals surface area contributed by atoms with Gasteiger partial charge in [-0.1, -0.05) is 93.6 Å². The molecule has 2 aromatic carbocycles. The Bertz CT molecular complexity index is 948. The van der Waals surface area contributed by atoms with E-state index in [0.717, 1.165) is 42.7 Å². The molecule has 0 heterocycles. The normalized spacial score (nSPS) is 24.3. The number of hydrogen-bond acceptors (Lipinski definition) is 1. The largest absolute Gasteiger partial charge is 0.383 e. The Balaban J connectivity index is 1.19. The third-order valence-electron chi connectivity index (χ3n) is 9.26. The molecule has 2 aliphatic rings. The van der Waals surface area contributed by atoms with Gasteiger partial charge in [0, 0.05) is 0 Å². The first kappa shape index (κ1) is 29.0. The van der Waals surface area contributed by atoms with Crippen molar-refractivity contribution < 1.29 is 13.5 Å². The summed E-state index contributed by atoms with van der Waals surface area (Å²) >= 11 is 0. The molecule has 3 heteroatoms.